The van der Waals surface area contributed by atoms with Crippen molar-refractivity contribution in [1.82, 2.24) is 5.32 Å². The van der Waals surface area contributed by atoms with E-state index < -0.39 is 0 Å². The van der Waals surface area contributed by atoms with Gasteiger partial charge >= 0.3 is 0 Å². The van der Waals surface area contributed by atoms with Gasteiger partial charge in [0.25, 0.3) is 0 Å². The average molecular weight is 127 g/mol. The summed E-state index contributed by atoms with van der Waals surface area (Å²) in [5, 5.41) is 3.42. The van der Waals surface area contributed by atoms with Crippen molar-refractivity contribution in [3.05, 3.63) is 0 Å². The van der Waals surface area contributed by atoms with Crippen LogP contribution in [0.4, 0.5) is 0 Å². The quantitative estimate of drug-likeness (QED) is 0.564. The van der Waals surface area contributed by atoms with Crippen LogP contribution >= 0.6 is 0 Å². The van der Waals surface area contributed by atoms with Crippen molar-refractivity contribution in [3.63, 3.8) is 0 Å². The molecule has 1 heterocycles. The van der Waals surface area contributed by atoms with Gasteiger partial charge in [0, 0.05) is 0 Å². The summed E-state index contributed by atoms with van der Waals surface area (Å²) in [6.45, 7) is 7.12. The number of hydrogen-bond donors (Lipinski definition) is 1. The molecule has 1 rings (SSSR count). The van der Waals surface area contributed by atoms with Gasteiger partial charge in [-0.3, -0.25) is 0 Å². The highest BCUT2D eigenvalue weighted by Crippen LogP contribution is 2.18. The van der Waals surface area contributed by atoms with Gasteiger partial charge in [-0.2, -0.15) is 0 Å². The van der Waals surface area contributed by atoms with Crippen LogP contribution < -0.4 is 5.32 Å². The van der Waals surface area contributed by atoms with Crippen LogP contribution in [0, 0.1) is 11.8 Å². The molecule has 1 aliphatic heterocycles. The van der Waals surface area contributed by atoms with Crippen LogP contribution in [0.2, 0.25) is 0 Å². The van der Waals surface area contributed by atoms with Gasteiger partial charge in [-0.15, -0.1) is 0 Å². The maximum absolute atomic E-state index is 3.42. The first kappa shape index (κ1) is 7.07. The monoisotopic (exact) mass is 127 g/mol. The van der Waals surface area contributed by atoms with E-state index in [1.807, 2.05) is 0 Å². The standard InChI is InChI=1S/C8H17N/c1-7(2)8-4-3-5-9-6-8/h7-9H,3-6H2,1-2H3/t8-/m1/s1. The first-order chi connectivity index (χ1) is 4.30. The molecule has 1 N–H and O–H groups in total. The Bertz CT molecular complexity index is 72.6. The van der Waals surface area contributed by atoms with Crippen molar-refractivity contribution in [2.45, 2.75) is 26.7 Å². The van der Waals surface area contributed by atoms with Crippen molar-refractivity contribution in [1.29, 1.82) is 0 Å². The second-order valence-electron chi connectivity index (χ2n) is 3.35. The minimum Gasteiger partial charge on any atom is -0.316 e. The normalized spacial score (nSPS) is 29.0. The lowest BCUT2D eigenvalue weighted by Gasteiger charge is -2.25. The topological polar surface area (TPSA) is 12.0 Å². The van der Waals surface area contributed by atoms with Crippen molar-refractivity contribution >= 4 is 0 Å². The number of rotatable bonds is 1. The zero-order valence-electron chi connectivity index (χ0n) is 6.48. The molecule has 0 aromatic rings. The summed E-state index contributed by atoms with van der Waals surface area (Å²) in [6.07, 6.45) is 2.81. The third-order valence-electron chi connectivity index (χ3n) is 2.28. The summed E-state index contributed by atoms with van der Waals surface area (Å²) in [7, 11) is 0. The molecule has 0 aromatic carbocycles. The van der Waals surface area contributed by atoms with Gasteiger partial charge in [0.1, 0.15) is 0 Å². The predicted octanol–water partition coefficient (Wildman–Crippen LogP) is 1.64. The molecule has 0 bridgehead atoms. The molecule has 0 spiro atoms. The van der Waals surface area contributed by atoms with Crippen molar-refractivity contribution in [2.75, 3.05) is 13.1 Å². The highest BCUT2D eigenvalue weighted by Gasteiger charge is 2.15. The smallest absolute Gasteiger partial charge is 0.00181 e. The zero-order chi connectivity index (χ0) is 6.69. The van der Waals surface area contributed by atoms with Crippen LogP contribution in [0.3, 0.4) is 0 Å². The summed E-state index contributed by atoms with van der Waals surface area (Å²) in [5.74, 6) is 1.82. The number of piperidine rings is 1. The van der Waals surface area contributed by atoms with Crippen molar-refractivity contribution in [3.8, 4) is 0 Å². The van der Waals surface area contributed by atoms with Crippen LogP contribution in [-0.2, 0) is 0 Å². The van der Waals surface area contributed by atoms with E-state index in [0.29, 0.717) is 0 Å². The number of nitrogens with one attached hydrogen (secondary N) is 1. The Balaban J connectivity index is 2.23. The molecule has 0 aromatic heterocycles. The van der Waals surface area contributed by atoms with Gasteiger partial charge in [0.05, 0.1) is 0 Å². The van der Waals surface area contributed by atoms with Gasteiger partial charge in [-0.25, -0.2) is 0 Å². The molecular weight excluding hydrogens is 110 g/mol. The third kappa shape index (κ3) is 1.98. The summed E-state index contributed by atoms with van der Waals surface area (Å²) in [6, 6.07) is 0. The summed E-state index contributed by atoms with van der Waals surface area (Å²) in [5.41, 5.74) is 0. The molecular formula is C8H17N. The molecule has 0 radical (unpaired) electrons. The Morgan fingerprint density at radius 1 is 1.44 bits per heavy atom. The Morgan fingerprint density at radius 2 is 2.22 bits per heavy atom. The lowest BCUT2D eigenvalue weighted by atomic mass is 9.89. The summed E-state index contributed by atoms with van der Waals surface area (Å²) >= 11 is 0. The summed E-state index contributed by atoms with van der Waals surface area (Å²) in [4.78, 5) is 0. The highest BCUT2D eigenvalue weighted by molar-refractivity contribution is 4.70. The van der Waals surface area contributed by atoms with E-state index in [0.717, 1.165) is 11.8 Å². The molecule has 0 aliphatic carbocycles. The molecule has 1 saturated heterocycles. The maximum atomic E-state index is 3.42. The summed E-state index contributed by atoms with van der Waals surface area (Å²) < 4.78 is 0. The van der Waals surface area contributed by atoms with E-state index in [9.17, 15) is 0 Å². The van der Waals surface area contributed by atoms with Crippen LogP contribution in [-0.4, -0.2) is 13.1 Å². The van der Waals surface area contributed by atoms with Gasteiger partial charge in [-0.1, -0.05) is 13.8 Å². The van der Waals surface area contributed by atoms with Gasteiger partial charge in [0.15, 0.2) is 0 Å². The fourth-order valence-corrected chi connectivity index (χ4v) is 1.45. The fourth-order valence-electron chi connectivity index (χ4n) is 1.45. The van der Waals surface area contributed by atoms with Gasteiger partial charge < -0.3 is 5.32 Å². The molecule has 1 heteroatoms. The van der Waals surface area contributed by atoms with E-state index in [2.05, 4.69) is 19.2 Å². The van der Waals surface area contributed by atoms with Crippen molar-refractivity contribution in [2.24, 2.45) is 11.8 Å². The van der Waals surface area contributed by atoms with E-state index >= 15 is 0 Å². The van der Waals surface area contributed by atoms with Crippen LogP contribution in [0.1, 0.15) is 26.7 Å². The van der Waals surface area contributed by atoms with E-state index in [4.69, 9.17) is 0 Å². The molecule has 0 saturated carbocycles. The van der Waals surface area contributed by atoms with Crippen LogP contribution in [0.15, 0.2) is 0 Å². The van der Waals surface area contributed by atoms with Gasteiger partial charge in [0.2, 0.25) is 0 Å². The minimum atomic E-state index is 0.873. The molecule has 1 aliphatic rings. The van der Waals surface area contributed by atoms with Gasteiger partial charge in [-0.05, 0) is 37.8 Å². The molecule has 9 heavy (non-hydrogen) atoms. The first-order valence-corrected chi connectivity index (χ1v) is 4.01. The number of hydrogen-bond acceptors (Lipinski definition) is 1. The second-order valence-corrected chi connectivity index (χ2v) is 3.35. The molecule has 54 valence electrons. The van der Waals surface area contributed by atoms with Crippen LogP contribution in [0.5, 0.6) is 0 Å². The van der Waals surface area contributed by atoms with Crippen LogP contribution in [0.25, 0.3) is 0 Å². The predicted molar refractivity (Wildman–Crippen MR) is 40.4 cm³/mol. The van der Waals surface area contributed by atoms with E-state index in [-0.39, 0.29) is 0 Å². The molecule has 0 unspecified atom stereocenters. The lowest BCUT2D eigenvalue weighted by Crippen LogP contribution is -2.32. The molecule has 1 fully saturated rings. The Labute approximate surface area is 57.8 Å². The maximum Gasteiger partial charge on any atom is -0.00181 e. The molecule has 0 amide bonds. The van der Waals surface area contributed by atoms with Crippen molar-refractivity contribution < 1.29 is 0 Å². The fraction of sp³-hybridized carbons (Fsp3) is 1.00. The Kier molecular flexibility index (Phi) is 2.52. The lowest BCUT2D eigenvalue weighted by molar-refractivity contribution is 0.296. The Morgan fingerprint density at radius 3 is 2.56 bits per heavy atom. The minimum absolute atomic E-state index is 0.873. The Hall–Kier alpha value is -0.0400. The largest absolute Gasteiger partial charge is 0.316 e. The first-order valence-electron chi connectivity index (χ1n) is 4.01. The SMILES string of the molecule is CC(C)[C@@H]1CCCNC1. The third-order valence-corrected chi connectivity index (χ3v) is 2.28. The molecule has 1 atom stereocenters. The highest BCUT2D eigenvalue weighted by atomic mass is 14.9. The van der Waals surface area contributed by atoms with E-state index in [1.165, 1.54) is 25.9 Å². The second kappa shape index (κ2) is 3.21. The zero-order valence-corrected chi connectivity index (χ0v) is 6.48. The van der Waals surface area contributed by atoms with E-state index in [1.54, 1.807) is 0 Å². The molecule has 1 nitrogen and oxygen atoms in total. The average Bonchev–Trinajstić information content (AvgIpc) is 1.90.